The topological polar surface area (TPSA) is 81.1 Å². The van der Waals surface area contributed by atoms with E-state index in [1.807, 2.05) is 48.7 Å². The summed E-state index contributed by atoms with van der Waals surface area (Å²) in [7, 11) is 0. The Morgan fingerprint density at radius 3 is 2.45 bits per heavy atom. The van der Waals surface area contributed by atoms with E-state index < -0.39 is 0 Å². The minimum atomic E-state index is -0.144. The first-order chi connectivity index (χ1) is 16.1. The summed E-state index contributed by atoms with van der Waals surface area (Å²) in [5.74, 6) is 0.715. The maximum Gasteiger partial charge on any atom is 0.243 e. The van der Waals surface area contributed by atoms with E-state index in [1.165, 1.54) is 5.01 Å². The van der Waals surface area contributed by atoms with Gasteiger partial charge in [0.15, 0.2) is 0 Å². The molecule has 0 aliphatic carbocycles. The molecule has 0 saturated carbocycles. The van der Waals surface area contributed by atoms with Crippen LogP contribution in [0.5, 0.6) is 0 Å². The highest BCUT2D eigenvalue weighted by molar-refractivity contribution is 6.02. The van der Waals surface area contributed by atoms with Crippen molar-refractivity contribution in [3.05, 3.63) is 59.8 Å². The van der Waals surface area contributed by atoms with Gasteiger partial charge in [0.2, 0.25) is 11.8 Å². The minimum absolute atomic E-state index is 0.120. The van der Waals surface area contributed by atoms with E-state index in [2.05, 4.69) is 32.1 Å². The van der Waals surface area contributed by atoms with Crippen LogP contribution in [0.25, 0.3) is 0 Å². The molecule has 8 heteroatoms. The van der Waals surface area contributed by atoms with E-state index in [4.69, 9.17) is 0 Å². The van der Waals surface area contributed by atoms with Crippen molar-refractivity contribution in [1.29, 1.82) is 0 Å². The molecule has 0 radical (unpaired) electrons. The predicted molar refractivity (Wildman–Crippen MR) is 129 cm³/mol. The Kier molecular flexibility index (Phi) is 7.67. The fraction of sp³-hybridized carbons (Fsp3) is 0.440. The molecule has 0 spiro atoms. The molecular weight excluding hydrogens is 416 g/mol. The number of hydrogen-bond donors (Lipinski definition) is 1. The number of hydrazone groups is 1. The highest BCUT2D eigenvalue weighted by atomic mass is 16.2. The maximum atomic E-state index is 12.4. The largest absolute Gasteiger partial charge is 0.354 e. The quantitative estimate of drug-likeness (QED) is 0.670. The van der Waals surface area contributed by atoms with Gasteiger partial charge in [-0.1, -0.05) is 43.3 Å². The molecule has 8 nitrogen and oxygen atoms in total. The standard InChI is InChI=1S/C25H32N6O2/c1-2-29-14-16-30(17-15-29)23-9-8-20(18-26-23)19-27-24(32)10-11-25(33)31-13-12-22(28-31)21-6-4-3-5-7-21/h3-9,18H,2,10-17,19H2,1H3,(H,27,32). The second-order valence-electron chi connectivity index (χ2n) is 8.40. The van der Waals surface area contributed by atoms with E-state index in [0.29, 0.717) is 13.1 Å². The minimum Gasteiger partial charge on any atom is -0.354 e. The molecule has 0 unspecified atom stereocenters. The molecule has 4 rings (SSSR count). The molecule has 174 valence electrons. The Labute approximate surface area is 195 Å². The Hall–Kier alpha value is -3.26. The lowest BCUT2D eigenvalue weighted by Gasteiger charge is -2.34. The summed E-state index contributed by atoms with van der Waals surface area (Å²) in [4.78, 5) is 34.0. The molecule has 2 aliphatic heterocycles. The van der Waals surface area contributed by atoms with Gasteiger partial charge in [-0.15, -0.1) is 0 Å². The van der Waals surface area contributed by atoms with Crippen LogP contribution < -0.4 is 10.2 Å². The average molecular weight is 449 g/mol. The molecule has 1 N–H and O–H groups in total. The SMILES string of the molecule is CCN1CCN(c2ccc(CNC(=O)CCC(=O)N3CCC(c4ccccc4)=N3)cn2)CC1. The lowest BCUT2D eigenvalue weighted by molar-refractivity contribution is -0.133. The normalized spacial score (nSPS) is 16.6. The molecule has 2 amide bonds. The fourth-order valence-electron chi connectivity index (χ4n) is 4.11. The van der Waals surface area contributed by atoms with Crippen molar-refractivity contribution in [3.8, 4) is 0 Å². The van der Waals surface area contributed by atoms with Gasteiger partial charge in [-0.2, -0.15) is 5.10 Å². The second kappa shape index (κ2) is 11.0. The van der Waals surface area contributed by atoms with Crippen LogP contribution in [0.4, 0.5) is 5.82 Å². The number of carbonyl (C=O) groups is 2. The molecule has 1 saturated heterocycles. The molecule has 1 fully saturated rings. The van der Waals surface area contributed by atoms with Crippen LogP contribution in [0.15, 0.2) is 53.8 Å². The summed E-state index contributed by atoms with van der Waals surface area (Å²) in [5, 5.41) is 8.81. The Morgan fingerprint density at radius 1 is 0.970 bits per heavy atom. The van der Waals surface area contributed by atoms with E-state index in [0.717, 1.165) is 61.8 Å². The van der Waals surface area contributed by atoms with Crippen LogP contribution in [-0.2, 0) is 16.1 Å². The van der Waals surface area contributed by atoms with Gasteiger partial charge in [0, 0.05) is 58.2 Å². The van der Waals surface area contributed by atoms with Crippen LogP contribution in [0.3, 0.4) is 0 Å². The monoisotopic (exact) mass is 448 g/mol. The van der Waals surface area contributed by atoms with E-state index in [1.54, 1.807) is 0 Å². The van der Waals surface area contributed by atoms with Crippen LogP contribution in [0.1, 0.15) is 37.3 Å². The number of nitrogens with one attached hydrogen (secondary N) is 1. The van der Waals surface area contributed by atoms with Crippen molar-refractivity contribution in [2.75, 3.05) is 44.2 Å². The molecule has 1 aromatic carbocycles. The highest BCUT2D eigenvalue weighted by Gasteiger charge is 2.22. The van der Waals surface area contributed by atoms with Crippen molar-refractivity contribution in [1.82, 2.24) is 20.2 Å². The average Bonchev–Trinajstić information content (AvgIpc) is 3.37. The van der Waals surface area contributed by atoms with Gasteiger partial charge in [0.05, 0.1) is 12.3 Å². The zero-order valence-corrected chi connectivity index (χ0v) is 19.2. The number of benzene rings is 1. The van der Waals surface area contributed by atoms with Gasteiger partial charge in [0.1, 0.15) is 5.82 Å². The van der Waals surface area contributed by atoms with Crippen LogP contribution >= 0.6 is 0 Å². The van der Waals surface area contributed by atoms with Crippen molar-refractivity contribution in [2.45, 2.75) is 32.7 Å². The summed E-state index contributed by atoms with van der Waals surface area (Å²) in [6.45, 7) is 8.34. The lowest BCUT2D eigenvalue weighted by atomic mass is 10.1. The highest BCUT2D eigenvalue weighted by Crippen LogP contribution is 2.16. The van der Waals surface area contributed by atoms with Gasteiger partial charge in [-0.05, 0) is 23.7 Å². The van der Waals surface area contributed by atoms with Crippen LogP contribution in [0.2, 0.25) is 0 Å². The van der Waals surface area contributed by atoms with Crippen molar-refractivity contribution in [3.63, 3.8) is 0 Å². The number of piperazine rings is 1. The van der Waals surface area contributed by atoms with Gasteiger partial charge in [-0.25, -0.2) is 9.99 Å². The summed E-state index contributed by atoms with van der Waals surface area (Å²) in [6, 6.07) is 13.9. The molecule has 3 heterocycles. The van der Waals surface area contributed by atoms with Gasteiger partial charge in [-0.3, -0.25) is 9.59 Å². The molecule has 1 aromatic heterocycles. The lowest BCUT2D eigenvalue weighted by Crippen LogP contribution is -2.46. The van der Waals surface area contributed by atoms with Crippen molar-refractivity contribution >= 4 is 23.3 Å². The number of likely N-dealkylation sites (N-methyl/N-ethyl adjacent to an activating group) is 1. The Morgan fingerprint density at radius 2 is 1.76 bits per heavy atom. The first kappa shape index (κ1) is 22.9. The number of anilines is 1. The Balaban J connectivity index is 1.18. The molecule has 2 aliphatic rings. The molecule has 0 bridgehead atoms. The number of rotatable bonds is 8. The second-order valence-corrected chi connectivity index (χ2v) is 8.40. The Bertz CT molecular complexity index is 968. The number of carbonyl (C=O) groups excluding carboxylic acids is 2. The number of pyridine rings is 1. The molecular formula is C25H32N6O2. The van der Waals surface area contributed by atoms with Crippen LogP contribution in [-0.4, -0.2) is 71.7 Å². The molecule has 2 aromatic rings. The van der Waals surface area contributed by atoms with Gasteiger partial charge >= 0.3 is 0 Å². The molecule has 0 atom stereocenters. The summed E-state index contributed by atoms with van der Waals surface area (Å²) in [6.07, 6.45) is 2.85. The van der Waals surface area contributed by atoms with Crippen molar-refractivity contribution < 1.29 is 9.59 Å². The smallest absolute Gasteiger partial charge is 0.243 e. The number of amides is 2. The zero-order chi connectivity index (χ0) is 23.0. The summed E-state index contributed by atoms with van der Waals surface area (Å²) in [5.41, 5.74) is 2.90. The van der Waals surface area contributed by atoms with E-state index >= 15 is 0 Å². The number of hydrogen-bond acceptors (Lipinski definition) is 6. The maximum absolute atomic E-state index is 12.4. The first-order valence-electron chi connectivity index (χ1n) is 11.7. The number of aromatic nitrogens is 1. The van der Waals surface area contributed by atoms with Gasteiger partial charge < -0.3 is 15.1 Å². The first-order valence-corrected chi connectivity index (χ1v) is 11.7. The number of nitrogens with zero attached hydrogens (tertiary/aromatic N) is 5. The van der Waals surface area contributed by atoms with Gasteiger partial charge in [0.25, 0.3) is 0 Å². The van der Waals surface area contributed by atoms with Crippen molar-refractivity contribution in [2.24, 2.45) is 5.10 Å². The van der Waals surface area contributed by atoms with Crippen LogP contribution in [0, 0.1) is 0 Å². The third kappa shape index (κ3) is 6.16. The summed E-state index contributed by atoms with van der Waals surface area (Å²) < 4.78 is 0. The third-order valence-electron chi connectivity index (χ3n) is 6.20. The van der Waals surface area contributed by atoms with E-state index in [-0.39, 0.29) is 24.7 Å². The predicted octanol–water partition coefficient (Wildman–Crippen LogP) is 2.26. The van der Waals surface area contributed by atoms with E-state index in [9.17, 15) is 9.59 Å². The molecule has 33 heavy (non-hydrogen) atoms. The third-order valence-corrected chi connectivity index (χ3v) is 6.20. The zero-order valence-electron chi connectivity index (χ0n) is 19.2. The summed E-state index contributed by atoms with van der Waals surface area (Å²) >= 11 is 0. The fourth-order valence-corrected chi connectivity index (χ4v) is 4.11.